The summed E-state index contributed by atoms with van der Waals surface area (Å²) < 4.78 is 11.8. The summed E-state index contributed by atoms with van der Waals surface area (Å²) in [5.74, 6) is 0.259. The van der Waals surface area contributed by atoms with E-state index in [1.54, 1.807) is 36.4 Å². The Hall–Kier alpha value is -3.65. The Morgan fingerprint density at radius 2 is 1.84 bits per heavy atom. The molecule has 0 aromatic heterocycles. The molecule has 0 saturated heterocycles. The van der Waals surface area contributed by atoms with Crippen molar-refractivity contribution in [2.45, 2.75) is 6.92 Å². The number of hydrogen-bond donors (Lipinski definition) is 2. The molecule has 3 aromatic carbocycles. The molecule has 32 heavy (non-hydrogen) atoms. The summed E-state index contributed by atoms with van der Waals surface area (Å²) >= 11 is 3.33. The van der Waals surface area contributed by atoms with Gasteiger partial charge in [0.05, 0.1) is 13.3 Å². The Morgan fingerprint density at radius 3 is 2.59 bits per heavy atom. The van der Waals surface area contributed by atoms with Gasteiger partial charge in [-0.1, -0.05) is 40.2 Å². The molecular formula is C24H22BrN3O4. The number of hydrogen-bond acceptors (Lipinski definition) is 5. The number of para-hydroxylation sites is 1. The second-order valence-electron chi connectivity index (χ2n) is 6.77. The fourth-order valence-corrected chi connectivity index (χ4v) is 3.19. The number of aryl methyl sites for hydroxylation is 1. The van der Waals surface area contributed by atoms with Gasteiger partial charge in [-0.25, -0.2) is 5.43 Å². The maximum Gasteiger partial charge on any atom is 0.271 e. The van der Waals surface area contributed by atoms with Crippen molar-refractivity contribution in [3.8, 4) is 11.5 Å². The number of halogens is 1. The zero-order valence-corrected chi connectivity index (χ0v) is 19.2. The van der Waals surface area contributed by atoms with Crippen LogP contribution in [0, 0.1) is 6.92 Å². The lowest BCUT2D eigenvalue weighted by molar-refractivity contribution is -0.118. The minimum absolute atomic E-state index is 0.166. The zero-order chi connectivity index (χ0) is 22.9. The van der Waals surface area contributed by atoms with Gasteiger partial charge in [-0.2, -0.15) is 5.10 Å². The standard InChI is InChI=1S/C24H22BrN3O4/c1-16-6-3-4-9-20(16)27-23(29)15-32-21-11-10-17(12-22(21)31-2)14-26-28-24(30)18-7-5-8-19(25)13-18/h3-14H,15H2,1-2H3,(H,27,29)(H,28,30)/b26-14+. The van der Waals surface area contributed by atoms with Crippen LogP contribution in [0.4, 0.5) is 5.69 Å². The van der Waals surface area contributed by atoms with Crippen LogP contribution in [-0.4, -0.2) is 31.7 Å². The lowest BCUT2D eigenvalue weighted by Crippen LogP contribution is -2.20. The van der Waals surface area contributed by atoms with Crippen molar-refractivity contribution in [3.63, 3.8) is 0 Å². The summed E-state index contributed by atoms with van der Waals surface area (Å²) in [6.45, 7) is 1.75. The van der Waals surface area contributed by atoms with Crippen LogP contribution < -0.4 is 20.2 Å². The average Bonchev–Trinajstić information content (AvgIpc) is 2.79. The summed E-state index contributed by atoms with van der Waals surface area (Å²) in [5.41, 5.74) is 5.36. The molecule has 0 fully saturated rings. The molecule has 0 heterocycles. The number of benzene rings is 3. The highest BCUT2D eigenvalue weighted by atomic mass is 79.9. The average molecular weight is 496 g/mol. The first-order valence-electron chi connectivity index (χ1n) is 9.71. The van der Waals surface area contributed by atoms with E-state index in [0.29, 0.717) is 22.6 Å². The number of carbonyl (C=O) groups is 2. The van der Waals surface area contributed by atoms with Crippen LogP contribution in [0.3, 0.4) is 0 Å². The van der Waals surface area contributed by atoms with Crippen LogP contribution in [0.25, 0.3) is 0 Å². The number of rotatable bonds is 8. The molecule has 0 radical (unpaired) electrons. The van der Waals surface area contributed by atoms with Crippen LogP contribution in [0.5, 0.6) is 11.5 Å². The maximum atomic E-state index is 12.2. The molecule has 0 aliphatic rings. The van der Waals surface area contributed by atoms with Gasteiger partial charge < -0.3 is 14.8 Å². The normalized spacial score (nSPS) is 10.6. The Morgan fingerprint density at radius 1 is 1.03 bits per heavy atom. The maximum absolute atomic E-state index is 12.2. The van der Waals surface area contributed by atoms with Gasteiger partial charge in [0, 0.05) is 15.7 Å². The van der Waals surface area contributed by atoms with Crippen molar-refractivity contribution in [1.82, 2.24) is 5.43 Å². The second-order valence-corrected chi connectivity index (χ2v) is 7.69. The molecule has 7 nitrogen and oxygen atoms in total. The summed E-state index contributed by atoms with van der Waals surface area (Å²) in [6, 6.07) is 19.6. The molecule has 2 amide bonds. The van der Waals surface area contributed by atoms with E-state index in [-0.39, 0.29) is 18.4 Å². The van der Waals surface area contributed by atoms with E-state index >= 15 is 0 Å². The van der Waals surface area contributed by atoms with E-state index < -0.39 is 0 Å². The Bertz CT molecular complexity index is 1150. The highest BCUT2D eigenvalue weighted by molar-refractivity contribution is 9.10. The number of ether oxygens (including phenoxy) is 2. The van der Waals surface area contributed by atoms with Gasteiger partial charge in [0.15, 0.2) is 18.1 Å². The highest BCUT2D eigenvalue weighted by Gasteiger charge is 2.10. The number of amides is 2. The van der Waals surface area contributed by atoms with Crippen LogP contribution >= 0.6 is 15.9 Å². The van der Waals surface area contributed by atoms with E-state index in [2.05, 4.69) is 31.8 Å². The van der Waals surface area contributed by atoms with Crippen LogP contribution in [0.15, 0.2) is 76.3 Å². The first-order valence-corrected chi connectivity index (χ1v) is 10.5. The molecular weight excluding hydrogens is 474 g/mol. The molecule has 0 bridgehead atoms. The van der Waals surface area contributed by atoms with E-state index in [1.165, 1.54) is 13.3 Å². The zero-order valence-electron chi connectivity index (χ0n) is 17.6. The second kappa shape index (κ2) is 11.1. The van der Waals surface area contributed by atoms with Crippen LogP contribution in [-0.2, 0) is 4.79 Å². The van der Waals surface area contributed by atoms with Gasteiger partial charge in [-0.15, -0.1) is 0 Å². The van der Waals surface area contributed by atoms with Gasteiger partial charge in [0.25, 0.3) is 11.8 Å². The van der Waals surface area contributed by atoms with Gasteiger partial charge in [0.1, 0.15) is 0 Å². The van der Waals surface area contributed by atoms with E-state index in [9.17, 15) is 9.59 Å². The first kappa shape index (κ1) is 23.0. The molecule has 2 N–H and O–H groups in total. The molecule has 0 unspecified atom stereocenters. The first-order chi connectivity index (χ1) is 15.5. The fourth-order valence-electron chi connectivity index (χ4n) is 2.79. The fraction of sp³-hybridized carbons (Fsp3) is 0.125. The van der Waals surface area contributed by atoms with Crippen molar-refractivity contribution in [2.75, 3.05) is 19.0 Å². The van der Waals surface area contributed by atoms with Gasteiger partial charge in [-0.05, 0) is 60.5 Å². The van der Waals surface area contributed by atoms with Crippen molar-refractivity contribution in [2.24, 2.45) is 5.10 Å². The smallest absolute Gasteiger partial charge is 0.271 e. The van der Waals surface area contributed by atoms with E-state index in [1.807, 2.05) is 37.3 Å². The number of nitrogens with zero attached hydrogens (tertiary/aromatic N) is 1. The summed E-state index contributed by atoms with van der Waals surface area (Å²) in [6.07, 6.45) is 1.49. The molecule has 0 atom stereocenters. The van der Waals surface area contributed by atoms with Crippen molar-refractivity contribution in [3.05, 3.63) is 87.9 Å². The molecule has 8 heteroatoms. The number of nitrogens with one attached hydrogen (secondary N) is 2. The third kappa shape index (κ3) is 6.42. The number of methoxy groups -OCH3 is 1. The number of carbonyl (C=O) groups excluding carboxylic acids is 2. The number of anilines is 1. The van der Waals surface area contributed by atoms with Crippen LogP contribution in [0.1, 0.15) is 21.5 Å². The van der Waals surface area contributed by atoms with E-state index in [4.69, 9.17) is 9.47 Å². The minimum Gasteiger partial charge on any atom is -0.493 e. The largest absolute Gasteiger partial charge is 0.493 e. The quantitative estimate of drug-likeness (QED) is 0.354. The molecule has 0 saturated carbocycles. The SMILES string of the molecule is COc1cc(/C=N/NC(=O)c2cccc(Br)c2)ccc1OCC(=O)Nc1ccccc1C. The topological polar surface area (TPSA) is 89.0 Å². The summed E-state index contributed by atoms with van der Waals surface area (Å²) in [5, 5.41) is 6.80. The highest BCUT2D eigenvalue weighted by Crippen LogP contribution is 2.27. The summed E-state index contributed by atoms with van der Waals surface area (Å²) in [7, 11) is 1.51. The molecule has 3 aromatic rings. The Labute approximate surface area is 194 Å². The van der Waals surface area contributed by atoms with Crippen molar-refractivity contribution < 1.29 is 19.1 Å². The molecule has 3 rings (SSSR count). The minimum atomic E-state index is -0.325. The van der Waals surface area contributed by atoms with Crippen molar-refractivity contribution >= 4 is 39.6 Å². The molecule has 0 spiro atoms. The van der Waals surface area contributed by atoms with Crippen molar-refractivity contribution in [1.29, 1.82) is 0 Å². The van der Waals surface area contributed by atoms with Gasteiger partial charge >= 0.3 is 0 Å². The Balaban J connectivity index is 1.58. The lowest BCUT2D eigenvalue weighted by atomic mass is 10.2. The third-order valence-corrected chi connectivity index (χ3v) is 4.93. The Kier molecular flexibility index (Phi) is 7.99. The monoisotopic (exact) mass is 495 g/mol. The molecule has 164 valence electrons. The predicted octanol–water partition coefficient (Wildman–Crippen LogP) is 4.55. The summed E-state index contributed by atoms with van der Waals surface area (Å²) in [4.78, 5) is 24.3. The molecule has 0 aliphatic heterocycles. The van der Waals surface area contributed by atoms with Crippen LogP contribution in [0.2, 0.25) is 0 Å². The van der Waals surface area contributed by atoms with E-state index in [0.717, 1.165) is 15.7 Å². The molecule has 0 aliphatic carbocycles. The predicted molar refractivity (Wildman–Crippen MR) is 127 cm³/mol. The lowest BCUT2D eigenvalue weighted by Gasteiger charge is -2.12. The number of hydrazone groups is 1. The van der Waals surface area contributed by atoms with Gasteiger partial charge in [0.2, 0.25) is 0 Å². The van der Waals surface area contributed by atoms with Gasteiger partial charge in [-0.3, -0.25) is 9.59 Å². The third-order valence-electron chi connectivity index (χ3n) is 4.43.